The molecular weight excluding hydrogens is 677 g/mol. The van der Waals surface area contributed by atoms with Crippen LogP contribution in [0.25, 0.3) is 66.1 Å². The fraction of sp³-hybridized carbons (Fsp3) is 0.137. The van der Waals surface area contributed by atoms with Gasteiger partial charge in [-0.3, -0.25) is 0 Å². The predicted octanol–water partition coefficient (Wildman–Crippen LogP) is 11.7. The zero-order valence-electron chi connectivity index (χ0n) is 31.2. The Morgan fingerprint density at radius 2 is 0.727 bits per heavy atom. The second-order valence-electron chi connectivity index (χ2n) is 14.3. The first-order valence-corrected chi connectivity index (χ1v) is 18.9. The summed E-state index contributed by atoms with van der Waals surface area (Å²) in [6.45, 7) is 4.75. The summed E-state index contributed by atoms with van der Waals surface area (Å²) in [7, 11) is 0. The fourth-order valence-electron chi connectivity index (χ4n) is 7.79. The van der Waals surface area contributed by atoms with Gasteiger partial charge in [0.1, 0.15) is 24.7 Å². The van der Waals surface area contributed by atoms with Crippen molar-refractivity contribution in [2.24, 2.45) is 0 Å². The molecule has 0 unspecified atom stereocenters. The lowest BCUT2D eigenvalue weighted by atomic mass is 9.76. The Hall–Kier alpha value is -6.20. The van der Waals surface area contributed by atoms with Gasteiger partial charge in [-0.15, -0.1) is 0 Å². The highest BCUT2D eigenvalue weighted by atomic mass is 16.5. The molecule has 8 aromatic carbocycles. The molecule has 0 saturated heterocycles. The molecular formula is C51H44O4. The topological polar surface area (TPSA) is 58.9 Å². The van der Waals surface area contributed by atoms with E-state index in [0.29, 0.717) is 0 Å². The quantitative estimate of drug-likeness (QED) is 0.132. The van der Waals surface area contributed by atoms with Gasteiger partial charge in [0.15, 0.2) is 0 Å². The number of aliphatic hydroxyl groups is 2. The average molecular weight is 721 g/mol. The molecule has 0 spiro atoms. The van der Waals surface area contributed by atoms with Crippen LogP contribution in [-0.4, -0.2) is 36.6 Å². The van der Waals surface area contributed by atoms with E-state index < -0.39 is 5.41 Å². The van der Waals surface area contributed by atoms with E-state index in [-0.39, 0.29) is 26.4 Å². The molecule has 2 N–H and O–H groups in total. The summed E-state index contributed by atoms with van der Waals surface area (Å²) in [6, 6.07) is 59.7. The van der Waals surface area contributed by atoms with Crippen molar-refractivity contribution >= 4 is 21.5 Å². The molecule has 4 nitrogen and oxygen atoms in total. The lowest BCUT2D eigenvalue weighted by Crippen LogP contribution is -2.19. The molecule has 0 aliphatic carbocycles. The molecule has 55 heavy (non-hydrogen) atoms. The van der Waals surface area contributed by atoms with Gasteiger partial charge in [0, 0.05) is 16.5 Å². The molecule has 0 saturated carbocycles. The van der Waals surface area contributed by atoms with Crippen LogP contribution in [0, 0.1) is 0 Å². The van der Waals surface area contributed by atoms with Crippen LogP contribution < -0.4 is 9.47 Å². The van der Waals surface area contributed by atoms with Gasteiger partial charge in [-0.25, -0.2) is 0 Å². The molecule has 0 aliphatic heterocycles. The van der Waals surface area contributed by atoms with Crippen LogP contribution in [0.2, 0.25) is 0 Å². The summed E-state index contributed by atoms with van der Waals surface area (Å²) in [4.78, 5) is 0. The Morgan fingerprint density at radius 1 is 0.382 bits per heavy atom. The molecule has 0 bridgehead atoms. The van der Waals surface area contributed by atoms with Crippen molar-refractivity contribution in [2.45, 2.75) is 19.3 Å². The molecule has 0 atom stereocenters. The highest BCUT2D eigenvalue weighted by Gasteiger charge is 2.27. The molecule has 0 amide bonds. The minimum atomic E-state index is -0.436. The van der Waals surface area contributed by atoms with Gasteiger partial charge in [-0.2, -0.15) is 0 Å². The van der Waals surface area contributed by atoms with E-state index in [1.807, 2.05) is 24.3 Å². The van der Waals surface area contributed by atoms with Gasteiger partial charge >= 0.3 is 0 Å². The van der Waals surface area contributed by atoms with Crippen molar-refractivity contribution in [1.29, 1.82) is 0 Å². The number of aliphatic hydroxyl groups excluding tert-OH is 2. The van der Waals surface area contributed by atoms with Gasteiger partial charge in [-0.1, -0.05) is 159 Å². The number of hydrogen-bond acceptors (Lipinski definition) is 4. The van der Waals surface area contributed by atoms with Gasteiger partial charge < -0.3 is 19.7 Å². The summed E-state index contributed by atoms with van der Waals surface area (Å²) in [5, 5.41) is 24.1. The van der Waals surface area contributed by atoms with Crippen molar-refractivity contribution in [3.8, 4) is 56.0 Å². The first kappa shape index (κ1) is 35.8. The van der Waals surface area contributed by atoms with Gasteiger partial charge in [0.2, 0.25) is 0 Å². The molecule has 0 fully saturated rings. The Morgan fingerprint density at radius 3 is 1.11 bits per heavy atom. The first-order valence-electron chi connectivity index (χ1n) is 18.9. The highest BCUT2D eigenvalue weighted by molar-refractivity contribution is 6.07. The minimum Gasteiger partial charge on any atom is -0.491 e. The first-order chi connectivity index (χ1) is 27.0. The van der Waals surface area contributed by atoms with Crippen LogP contribution in [0.5, 0.6) is 11.5 Å². The van der Waals surface area contributed by atoms with E-state index in [1.54, 1.807) is 0 Å². The van der Waals surface area contributed by atoms with Gasteiger partial charge in [0.25, 0.3) is 0 Å². The third kappa shape index (κ3) is 6.99. The summed E-state index contributed by atoms with van der Waals surface area (Å²) < 4.78 is 12.4. The number of benzene rings is 8. The maximum absolute atomic E-state index is 9.74. The van der Waals surface area contributed by atoms with Gasteiger partial charge in [-0.05, 0) is 90.3 Å². The Kier molecular flexibility index (Phi) is 10.2. The van der Waals surface area contributed by atoms with E-state index >= 15 is 0 Å². The van der Waals surface area contributed by atoms with E-state index in [9.17, 15) is 10.2 Å². The van der Waals surface area contributed by atoms with Crippen molar-refractivity contribution in [1.82, 2.24) is 0 Å². The zero-order chi connectivity index (χ0) is 37.8. The third-order valence-corrected chi connectivity index (χ3v) is 10.7. The van der Waals surface area contributed by atoms with Crippen LogP contribution in [0.4, 0.5) is 0 Å². The van der Waals surface area contributed by atoms with Crippen molar-refractivity contribution in [3.05, 3.63) is 181 Å². The van der Waals surface area contributed by atoms with E-state index in [0.717, 1.165) is 66.4 Å². The number of hydrogen-bond donors (Lipinski definition) is 2. The molecule has 0 radical (unpaired) electrons. The van der Waals surface area contributed by atoms with Crippen LogP contribution in [0.1, 0.15) is 25.0 Å². The predicted molar refractivity (Wildman–Crippen MR) is 227 cm³/mol. The SMILES string of the molecule is CC(C)(c1ccc(OCCO)c(-c2ccc(-c3ccccc3)c3ccccc23)c1)c1ccc(OCCO)c(-c2ccc(-c3ccccc3)c3ccccc23)c1. The van der Waals surface area contributed by atoms with Crippen LogP contribution >= 0.6 is 0 Å². The van der Waals surface area contributed by atoms with Crippen molar-refractivity contribution < 1.29 is 19.7 Å². The van der Waals surface area contributed by atoms with Crippen LogP contribution in [0.15, 0.2) is 170 Å². The molecule has 0 aliphatic rings. The fourth-order valence-corrected chi connectivity index (χ4v) is 7.79. The largest absolute Gasteiger partial charge is 0.491 e. The molecule has 272 valence electrons. The highest BCUT2D eigenvalue weighted by Crippen LogP contribution is 2.45. The number of ether oxygens (including phenoxy) is 2. The maximum atomic E-state index is 9.74. The van der Waals surface area contributed by atoms with E-state index in [1.165, 1.54) is 22.3 Å². The minimum absolute atomic E-state index is 0.0745. The molecule has 4 heteroatoms. The van der Waals surface area contributed by atoms with Crippen LogP contribution in [0.3, 0.4) is 0 Å². The number of fused-ring (bicyclic) bond motifs is 2. The maximum Gasteiger partial charge on any atom is 0.127 e. The number of rotatable bonds is 12. The lowest BCUT2D eigenvalue weighted by molar-refractivity contribution is 0.202. The third-order valence-electron chi connectivity index (χ3n) is 10.7. The summed E-state index contributed by atoms with van der Waals surface area (Å²) in [5.41, 5.74) is 10.6. The molecule has 0 heterocycles. The summed E-state index contributed by atoms with van der Waals surface area (Å²) in [5.74, 6) is 1.45. The Labute approximate surface area is 322 Å². The molecule has 8 aromatic rings. The second-order valence-corrected chi connectivity index (χ2v) is 14.3. The Bertz CT molecular complexity index is 2410. The smallest absolute Gasteiger partial charge is 0.127 e. The lowest BCUT2D eigenvalue weighted by Gasteiger charge is -2.29. The zero-order valence-corrected chi connectivity index (χ0v) is 31.2. The van der Waals surface area contributed by atoms with Crippen molar-refractivity contribution in [2.75, 3.05) is 26.4 Å². The Balaban J connectivity index is 1.27. The summed E-state index contributed by atoms with van der Waals surface area (Å²) >= 11 is 0. The second kappa shape index (κ2) is 15.6. The monoisotopic (exact) mass is 720 g/mol. The van der Waals surface area contributed by atoms with E-state index in [2.05, 4.69) is 159 Å². The normalized spacial score (nSPS) is 11.6. The summed E-state index contributed by atoms with van der Waals surface area (Å²) in [6.07, 6.45) is 0. The van der Waals surface area contributed by atoms with Gasteiger partial charge in [0.05, 0.1) is 13.2 Å². The average Bonchev–Trinajstić information content (AvgIpc) is 3.24. The van der Waals surface area contributed by atoms with Crippen molar-refractivity contribution in [3.63, 3.8) is 0 Å². The van der Waals surface area contributed by atoms with Crippen LogP contribution in [-0.2, 0) is 5.41 Å². The van der Waals surface area contributed by atoms with E-state index in [4.69, 9.17) is 9.47 Å². The molecule has 0 aromatic heterocycles. The molecule has 8 rings (SSSR count). The standard InChI is InChI=1S/C51H44O4/c1-51(2,37-21-27-49(54-31-29-52)47(33-37)45-25-23-39(35-13-5-3-6-14-35)41-17-9-11-19-43(41)45)38-22-28-50(55-32-30-53)48(34-38)46-26-24-40(36-15-7-4-8-16-36)42-18-10-12-20-44(42)46/h3-28,33-34,52-53H,29-32H2,1-2H3.